The summed E-state index contributed by atoms with van der Waals surface area (Å²) < 4.78 is 18.2. The van der Waals surface area contributed by atoms with E-state index >= 15 is 0 Å². The lowest BCUT2D eigenvalue weighted by atomic mass is 9.84. The van der Waals surface area contributed by atoms with Crippen LogP contribution in [0.3, 0.4) is 0 Å². The molecule has 14 rings (SSSR count). The summed E-state index contributed by atoms with van der Waals surface area (Å²) in [6, 6.07) is 58.7. The summed E-state index contributed by atoms with van der Waals surface area (Å²) in [5.41, 5.74) is 12.2. The number of hydrogen-bond donors (Lipinski definition) is 0. The van der Waals surface area contributed by atoms with Gasteiger partial charge in [-0.15, -0.1) is 0 Å². The van der Waals surface area contributed by atoms with Crippen molar-refractivity contribution in [3.63, 3.8) is 0 Å². The number of furan rings is 2. The molecular weight excluding hydrogens is 944 g/mol. The number of allylic oxidation sites excluding steroid dienone is 1. The Labute approximate surface area is 406 Å². The molecule has 0 radical (unpaired) electrons. The molecule has 1 aliphatic heterocycles. The van der Waals surface area contributed by atoms with Crippen molar-refractivity contribution in [2.45, 2.75) is 83.0 Å². The highest BCUT2D eigenvalue weighted by Gasteiger charge is 2.29. The zero-order chi connectivity index (χ0) is 44.7. The van der Waals surface area contributed by atoms with Crippen LogP contribution in [0.15, 0.2) is 176 Å². The molecule has 0 saturated heterocycles. The molecule has 0 bridgehead atoms. The monoisotopic (exact) mass is 996 g/mol. The van der Waals surface area contributed by atoms with E-state index in [0.29, 0.717) is 5.92 Å². The first-order chi connectivity index (χ1) is 33.7. The van der Waals surface area contributed by atoms with Crippen LogP contribution in [0.4, 0.5) is 28.4 Å². The third-order valence-corrected chi connectivity index (χ3v) is 19.1. The largest absolute Gasteiger partial charge is 0.454 e. The van der Waals surface area contributed by atoms with Gasteiger partial charge >= 0.3 is 0 Å². The molecule has 0 amide bonds. The van der Waals surface area contributed by atoms with Crippen molar-refractivity contribution < 1.29 is 8.83 Å². The maximum Gasteiger partial charge on any atom is 0.159 e. The predicted molar refractivity (Wildman–Crippen MR) is 297 cm³/mol. The van der Waals surface area contributed by atoms with Gasteiger partial charge in [0.05, 0.1) is 22.7 Å². The molecule has 3 heterocycles. The van der Waals surface area contributed by atoms with Crippen molar-refractivity contribution in [3.8, 4) is 0 Å². The van der Waals surface area contributed by atoms with Crippen LogP contribution in [0.2, 0.25) is 0 Å². The van der Waals surface area contributed by atoms with E-state index in [4.69, 9.17) is 8.83 Å². The quantitative estimate of drug-likeness (QED) is 0.112. The van der Waals surface area contributed by atoms with Gasteiger partial charge < -0.3 is 18.6 Å². The smallest absolute Gasteiger partial charge is 0.159 e. The number of anilines is 5. The van der Waals surface area contributed by atoms with E-state index < -0.39 is 0 Å². The van der Waals surface area contributed by atoms with Crippen LogP contribution in [0.1, 0.15) is 88.5 Å². The highest BCUT2D eigenvalue weighted by Crippen LogP contribution is 2.51. The molecule has 2 aliphatic carbocycles. The Bertz CT molecular complexity index is 3790. The fourth-order valence-corrected chi connectivity index (χ4v) is 15.6. The SMILES string of the molecule is C1=C(N(c2ccc3ccc4c(N(c5ccc(C6CCCCC6)cc5)c5cccc6c5oc5ccccc56)ccc5ccc2c3c54)c2cccc3c2oc2ccccc23)CCC(C2CCCCC2)=I1. The zero-order valence-corrected chi connectivity index (χ0v) is 40.5. The van der Waals surface area contributed by atoms with Crippen molar-refractivity contribution in [3.05, 3.63) is 173 Å². The van der Waals surface area contributed by atoms with Crippen LogP contribution in [0.25, 0.3) is 76.2 Å². The average molecular weight is 997 g/mol. The second kappa shape index (κ2) is 16.7. The summed E-state index contributed by atoms with van der Waals surface area (Å²) in [5.74, 6) is 1.45. The van der Waals surface area contributed by atoms with Gasteiger partial charge in [0.1, 0.15) is 11.2 Å². The summed E-state index contributed by atoms with van der Waals surface area (Å²) in [5, 5.41) is 12.2. The average Bonchev–Trinajstić information content (AvgIpc) is 3.99. The Kier molecular flexibility index (Phi) is 9.95. The second-order valence-electron chi connectivity index (χ2n) is 19.7. The van der Waals surface area contributed by atoms with Crippen molar-refractivity contribution >= 4 is 129 Å². The fourth-order valence-electron chi connectivity index (χ4n) is 12.5. The molecule has 0 spiro atoms. The molecule has 334 valence electrons. The maximum atomic E-state index is 6.86. The number of para-hydroxylation sites is 4. The summed E-state index contributed by atoms with van der Waals surface area (Å²) in [4.78, 5) is 5.06. The number of rotatable bonds is 8. The van der Waals surface area contributed by atoms with Crippen molar-refractivity contribution in [1.82, 2.24) is 0 Å². The molecule has 2 fully saturated rings. The topological polar surface area (TPSA) is 32.8 Å². The number of fused-ring (bicyclic) bond motifs is 6. The summed E-state index contributed by atoms with van der Waals surface area (Å²) in [6.45, 7) is 0. The minimum Gasteiger partial charge on any atom is -0.454 e. The van der Waals surface area contributed by atoms with E-state index in [-0.39, 0.29) is 20.7 Å². The Morgan fingerprint density at radius 1 is 0.397 bits per heavy atom. The van der Waals surface area contributed by atoms with E-state index in [2.05, 4.69) is 172 Å². The summed E-state index contributed by atoms with van der Waals surface area (Å²) in [7, 11) is 0. The standard InChI is InChI=1S/C63H53IN2O2/c1-3-13-40(14-4-1)41-25-31-45(32-26-41)65(56-21-11-19-49-47-17-7-9-23-58(47)67-62(49)56)54-37-29-43-28-35-52-55(38-30-44-27-34-51(54)60(43)61(44)52)66(46-33-36-53(64-39-46)42-15-5-2-6-16-42)57-22-12-20-50-48-18-8-10-24-59(48)68-63(50)57/h7-12,17-32,34-35,37-40,42H,1-6,13-16,33,36H2. The lowest BCUT2D eigenvalue weighted by molar-refractivity contribution is 0.439. The molecule has 5 heteroatoms. The Balaban J connectivity index is 0.983. The molecular formula is C63H53IN2O2. The molecule has 2 saturated carbocycles. The first-order valence-corrected chi connectivity index (χ1v) is 27.5. The first-order valence-electron chi connectivity index (χ1n) is 25.1. The van der Waals surface area contributed by atoms with Crippen LogP contribution in [0, 0.1) is 5.92 Å². The number of benzene rings is 9. The van der Waals surface area contributed by atoms with E-state index in [0.717, 1.165) is 79.0 Å². The molecule has 0 unspecified atom stereocenters. The summed E-state index contributed by atoms with van der Waals surface area (Å²) in [6.07, 6.45) is 15.7. The highest BCUT2D eigenvalue weighted by molar-refractivity contribution is 14.2. The Morgan fingerprint density at radius 2 is 0.912 bits per heavy atom. The zero-order valence-electron chi connectivity index (χ0n) is 38.3. The normalized spacial score (nSPS) is 16.6. The van der Waals surface area contributed by atoms with E-state index in [9.17, 15) is 0 Å². The van der Waals surface area contributed by atoms with Gasteiger partial charge in [0.25, 0.3) is 0 Å². The third-order valence-electron chi connectivity index (χ3n) is 15.9. The van der Waals surface area contributed by atoms with E-state index in [1.807, 2.05) is 3.51 Å². The molecule has 0 atom stereocenters. The van der Waals surface area contributed by atoms with Gasteiger partial charge in [-0.05, 0) is 134 Å². The Hall–Kier alpha value is -6.44. The Morgan fingerprint density at radius 3 is 1.49 bits per heavy atom. The molecule has 9 aromatic carbocycles. The number of hydrogen-bond acceptors (Lipinski definition) is 4. The minimum absolute atomic E-state index is 0.198. The minimum atomic E-state index is -0.198. The van der Waals surface area contributed by atoms with Crippen molar-refractivity contribution in [2.75, 3.05) is 9.80 Å². The van der Waals surface area contributed by atoms with Gasteiger partial charge in [0.15, 0.2) is 11.2 Å². The van der Waals surface area contributed by atoms with Gasteiger partial charge in [-0.3, -0.25) is 0 Å². The number of halogens is 1. The van der Waals surface area contributed by atoms with Gasteiger partial charge in [-0.25, -0.2) is 0 Å². The van der Waals surface area contributed by atoms with Gasteiger partial charge in [-0.2, -0.15) is 0 Å². The van der Waals surface area contributed by atoms with Crippen LogP contribution in [-0.4, -0.2) is 3.51 Å². The fraction of sp³-hybridized carbons (Fsp3) is 0.222. The lowest BCUT2D eigenvalue weighted by Crippen LogP contribution is -2.22. The van der Waals surface area contributed by atoms with Gasteiger partial charge in [-0.1, -0.05) is 168 Å². The highest BCUT2D eigenvalue weighted by atomic mass is 127. The van der Waals surface area contributed by atoms with Crippen molar-refractivity contribution in [1.29, 1.82) is 0 Å². The summed E-state index contributed by atoms with van der Waals surface area (Å²) >= 11 is -0.198. The van der Waals surface area contributed by atoms with Crippen molar-refractivity contribution in [2.24, 2.45) is 5.92 Å². The third kappa shape index (κ3) is 6.63. The molecule has 3 aliphatic rings. The lowest BCUT2D eigenvalue weighted by Gasteiger charge is -2.33. The molecule has 0 N–H and O–H groups in total. The van der Waals surface area contributed by atoms with E-state index in [1.54, 1.807) is 0 Å². The van der Waals surface area contributed by atoms with Gasteiger partial charge in [0.2, 0.25) is 0 Å². The first kappa shape index (κ1) is 40.6. The van der Waals surface area contributed by atoms with Crippen LogP contribution < -0.4 is 9.80 Å². The second-order valence-corrected chi connectivity index (χ2v) is 22.3. The van der Waals surface area contributed by atoms with Crippen LogP contribution in [-0.2, 0) is 0 Å². The number of nitrogens with zero attached hydrogens (tertiary/aromatic N) is 2. The van der Waals surface area contributed by atoms with E-state index in [1.165, 1.54) is 120 Å². The molecule has 68 heavy (non-hydrogen) atoms. The molecule has 2 aromatic heterocycles. The molecule has 11 aromatic rings. The predicted octanol–water partition coefficient (Wildman–Crippen LogP) is 19.4. The van der Waals surface area contributed by atoms with Crippen LogP contribution in [0.5, 0.6) is 0 Å². The van der Waals surface area contributed by atoms with Crippen LogP contribution >= 0.6 is 20.7 Å². The van der Waals surface area contributed by atoms with Gasteiger partial charge in [0, 0.05) is 43.7 Å². The molecule has 4 nitrogen and oxygen atoms in total. The maximum absolute atomic E-state index is 6.86.